The van der Waals surface area contributed by atoms with Crippen molar-refractivity contribution in [2.45, 2.75) is 77.2 Å². The molecule has 218 valence electrons. The van der Waals surface area contributed by atoms with Gasteiger partial charge in [-0.05, 0) is 56.2 Å². The van der Waals surface area contributed by atoms with E-state index in [0.29, 0.717) is 25.8 Å². The normalized spacial score (nSPS) is 29.4. The van der Waals surface area contributed by atoms with E-state index in [1.165, 1.54) is 0 Å². The molecule has 3 aliphatic rings. The first kappa shape index (κ1) is 30.0. The predicted octanol–water partition coefficient (Wildman–Crippen LogP) is 3.64. The summed E-state index contributed by atoms with van der Waals surface area (Å²) in [4.78, 5) is 48.2. The highest BCUT2D eigenvalue weighted by molar-refractivity contribution is 6.05. The first-order valence-corrected chi connectivity index (χ1v) is 14.4. The second-order valence-electron chi connectivity index (χ2n) is 12.1. The Labute approximate surface area is 238 Å². The van der Waals surface area contributed by atoms with Gasteiger partial charge < -0.3 is 24.5 Å². The van der Waals surface area contributed by atoms with Gasteiger partial charge in [0.2, 0.25) is 11.8 Å². The zero-order valence-electron chi connectivity index (χ0n) is 24.9. The molecule has 0 aliphatic carbocycles. The van der Waals surface area contributed by atoms with E-state index in [9.17, 15) is 19.5 Å². The molecule has 6 atom stereocenters. The van der Waals surface area contributed by atoms with E-state index < -0.39 is 35.1 Å². The number of rotatable bonds is 11. The Kier molecular flexibility index (Phi) is 8.35. The van der Waals surface area contributed by atoms with Crippen molar-refractivity contribution >= 4 is 23.4 Å². The van der Waals surface area contributed by atoms with Crippen LogP contribution in [-0.2, 0) is 19.1 Å². The third-order valence-electron chi connectivity index (χ3n) is 9.44. The van der Waals surface area contributed by atoms with Gasteiger partial charge in [-0.2, -0.15) is 0 Å². The van der Waals surface area contributed by atoms with Gasteiger partial charge in [-0.25, -0.2) is 0 Å². The molecule has 3 fully saturated rings. The number of amides is 3. The predicted molar refractivity (Wildman–Crippen MR) is 156 cm³/mol. The minimum atomic E-state index is -1.17. The quantitative estimate of drug-likeness (QED) is 0.424. The average molecular weight is 552 g/mol. The number of hydrogen-bond donors (Lipinski definition) is 1. The number of benzene rings is 1. The maximum Gasteiger partial charge on any atom is 0.253 e. The van der Waals surface area contributed by atoms with Crippen molar-refractivity contribution in [3.63, 3.8) is 0 Å². The number of ether oxygens (including phenoxy) is 1. The lowest BCUT2D eigenvalue weighted by Crippen LogP contribution is -2.60. The second-order valence-corrected chi connectivity index (χ2v) is 12.1. The van der Waals surface area contributed by atoms with Gasteiger partial charge in [0.05, 0.1) is 30.1 Å². The van der Waals surface area contributed by atoms with Gasteiger partial charge in [-0.3, -0.25) is 14.4 Å². The number of carbonyl (C=O) groups is 3. The SMILES string of the molecule is C=CCN(C)C(=O)[C@@H]1[C@H]2C(=O)N([C@@H](CO)C(C)C)C(C(=O)N(CC=C)c3cc(C)ccc3C)C23CC[C@@]1(CC)O3. The van der Waals surface area contributed by atoms with E-state index in [1.54, 1.807) is 33.9 Å². The van der Waals surface area contributed by atoms with Crippen molar-refractivity contribution in [1.82, 2.24) is 9.80 Å². The van der Waals surface area contributed by atoms with Crippen molar-refractivity contribution in [2.24, 2.45) is 17.8 Å². The summed E-state index contributed by atoms with van der Waals surface area (Å²) in [6, 6.07) is 4.35. The van der Waals surface area contributed by atoms with Gasteiger partial charge in [-0.1, -0.05) is 45.1 Å². The Balaban J connectivity index is 1.91. The van der Waals surface area contributed by atoms with Crippen LogP contribution in [0.3, 0.4) is 0 Å². The number of hydrogen-bond acceptors (Lipinski definition) is 5. The Morgan fingerprint density at radius 3 is 2.42 bits per heavy atom. The lowest BCUT2D eigenvalue weighted by molar-refractivity contribution is -0.153. The minimum Gasteiger partial charge on any atom is -0.394 e. The average Bonchev–Trinajstić information content (AvgIpc) is 3.52. The van der Waals surface area contributed by atoms with Gasteiger partial charge >= 0.3 is 0 Å². The van der Waals surface area contributed by atoms with E-state index in [0.717, 1.165) is 16.8 Å². The van der Waals surface area contributed by atoms with Crippen LogP contribution in [0, 0.1) is 31.6 Å². The molecule has 1 aromatic rings. The number of nitrogens with zero attached hydrogens (tertiary/aromatic N) is 3. The van der Waals surface area contributed by atoms with Crippen molar-refractivity contribution in [1.29, 1.82) is 0 Å². The maximum atomic E-state index is 14.8. The van der Waals surface area contributed by atoms with E-state index in [4.69, 9.17) is 4.74 Å². The molecule has 8 nitrogen and oxygen atoms in total. The Hall–Kier alpha value is -2.97. The number of fused-ring (bicyclic) bond motifs is 1. The van der Waals surface area contributed by atoms with Crippen molar-refractivity contribution < 1.29 is 24.2 Å². The van der Waals surface area contributed by atoms with Crippen LogP contribution in [0.25, 0.3) is 0 Å². The first-order valence-electron chi connectivity index (χ1n) is 14.4. The molecule has 0 radical (unpaired) electrons. The summed E-state index contributed by atoms with van der Waals surface area (Å²) in [6.07, 6.45) is 4.97. The molecule has 1 spiro atoms. The molecule has 2 unspecified atom stereocenters. The van der Waals surface area contributed by atoms with Gasteiger partial charge in [0.1, 0.15) is 11.6 Å². The topological polar surface area (TPSA) is 90.4 Å². The molecule has 4 rings (SSSR count). The molecule has 0 aromatic heterocycles. The zero-order valence-corrected chi connectivity index (χ0v) is 24.9. The molecule has 40 heavy (non-hydrogen) atoms. The molecule has 3 aliphatic heterocycles. The molecule has 8 heteroatoms. The smallest absolute Gasteiger partial charge is 0.253 e. The van der Waals surface area contributed by atoms with Gasteiger partial charge in [0, 0.05) is 25.8 Å². The van der Waals surface area contributed by atoms with Crippen molar-refractivity contribution in [2.75, 3.05) is 31.6 Å². The van der Waals surface area contributed by atoms with Crippen LogP contribution in [0.2, 0.25) is 0 Å². The summed E-state index contributed by atoms with van der Waals surface area (Å²) in [5, 5.41) is 10.5. The third kappa shape index (κ3) is 4.40. The molecule has 1 aromatic carbocycles. The summed E-state index contributed by atoms with van der Waals surface area (Å²) < 4.78 is 6.92. The number of aliphatic hydroxyl groups is 1. The summed E-state index contributed by atoms with van der Waals surface area (Å²) >= 11 is 0. The Morgan fingerprint density at radius 2 is 1.85 bits per heavy atom. The van der Waals surface area contributed by atoms with Crippen LogP contribution in [-0.4, -0.2) is 82.7 Å². The van der Waals surface area contributed by atoms with E-state index in [-0.39, 0.29) is 36.8 Å². The second kappa shape index (κ2) is 11.1. The number of anilines is 1. The summed E-state index contributed by atoms with van der Waals surface area (Å²) in [5.74, 6) is -2.38. The lowest BCUT2D eigenvalue weighted by atomic mass is 9.64. The van der Waals surface area contributed by atoms with Crippen molar-refractivity contribution in [3.8, 4) is 0 Å². The summed E-state index contributed by atoms with van der Waals surface area (Å²) in [6.45, 7) is 17.7. The standard InChI is InChI=1S/C32H45N3O5/c1-9-16-33(8)28(37)25-26-29(38)35(24(19-36)20(4)5)27(32(26)15-14-31(25,11-3)40-32)30(39)34(17-10-2)23-18-21(6)12-13-22(23)7/h9-10,12-13,18,20,24-27,36H,1-2,11,14-17,19H2,3-8H3/t24-,25-,26-,27?,31+,32?/m0/s1. The summed E-state index contributed by atoms with van der Waals surface area (Å²) in [7, 11) is 1.71. The maximum absolute atomic E-state index is 14.8. The molecular formula is C32H45N3O5. The highest BCUT2D eigenvalue weighted by atomic mass is 16.5. The Morgan fingerprint density at radius 1 is 1.18 bits per heavy atom. The van der Waals surface area contributed by atoms with Gasteiger partial charge in [0.25, 0.3) is 5.91 Å². The minimum absolute atomic E-state index is 0.122. The van der Waals surface area contributed by atoms with E-state index >= 15 is 0 Å². The van der Waals surface area contributed by atoms with Crippen LogP contribution in [0.1, 0.15) is 51.2 Å². The fraction of sp³-hybridized carbons (Fsp3) is 0.594. The molecule has 1 N–H and O–H groups in total. The van der Waals surface area contributed by atoms with Crippen LogP contribution in [0.15, 0.2) is 43.5 Å². The Bertz CT molecular complexity index is 1200. The number of likely N-dealkylation sites (N-methyl/N-ethyl adjacent to an activating group) is 1. The molecule has 3 amide bonds. The number of likely N-dealkylation sites (tertiary alicyclic amines) is 1. The molecular weight excluding hydrogens is 506 g/mol. The lowest BCUT2D eigenvalue weighted by Gasteiger charge is -2.41. The monoisotopic (exact) mass is 551 g/mol. The first-order chi connectivity index (χ1) is 18.9. The zero-order chi connectivity index (χ0) is 29.6. The third-order valence-corrected chi connectivity index (χ3v) is 9.44. The number of aryl methyl sites for hydroxylation is 2. The highest BCUT2D eigenvalue weighted by Crippen LogP contribution is 2.65. The molecule has 0 saturated carbocycles. The van der Waals surface area contributed by atoms with Crippen LogP contribution < -0.4 is 4.90 Å². The van der Waals surface area contributed by atoms with Gasteiger partial charge in [-0.15, -0.1) is 13.2 Å². The van der Waals surface area contributed by atoms with Crippen molar-refractivity contribution in [3.05, 3.63) is 54.6 Å². The van der Waals surface area contributed by atoms with E-state index in [1.807, 2.05) is 52.8 Å². The molecule has 2 bridgehead atoms. The molecule has 3 heterocycles. The number of carbonyl (C=O) groups excluding carboxylic acids is 3. The van der Waals surface area contributed by atoms with E-state index in [2.05, 4.69) is 13.2 Å². The van der Waals surface area contributed by atoms with Crippen LogP contribution in [0.5, 0.6) is 0 Å². The highest BCUT2D eigenvalue weighted by Gasteiger charge is 2.79. The van der Waals surface area contributed by atoms with Crippen LogP contribution >= 0.6 is 0 Å². The molecule has 3 saturated heterocycles. The van der Waals surface area contributed by atoms with Crippen LogP contribution in [0.4, 0.5) is 5.69 Å². The summed E-state index contributed by atoms with van der Waals surface area (Å²) in [5.41, 5.74) is 0.686. The largest absolute Gasteiger partial charge is 0.394 e. The fourth-order valence-corrected chi connectivity index (χ4v) is 7.40. The van der Waals surface area contributed by atoms with Gasteiger partial charge in [0.15, 0.2) is 0 Å². The number of aliphatic hydroxyl groups excluding tert-OH is 1. The fourth-order valence-electron chi connectivity index (χ4n) is 7.40.